The van der Waals surface area contributed by atoms with Gasteiger partial charge in [-0.3, -0.25) is 4.79 Å². The summed E-state index contributed by atoms with van der Waals surface area (Å²) in [5, 5.41) is 16.2. The Morgan fingerprint density at radius 3 is 2.48 bits per heavy atom. The van der Waals surface area contributed by atoms with Crippen molar-refractivity contribution in [2.45, 2.75) is 38.6 Å². The van der Waals surface area contributed by atoms with E-state index in [1.165, 1.54) is 0 Å². The van der Waals surface area contributed by atoms with E-state index < -0.39 is 5.54 Å². The summed E-state index contributed by atoms with van der Waals surface area (Å²) >= 11 is 0. The molecule has 21 heavy (non-hydrogen) atoms. The maximum absolute atomic E-state index is 12.8. The number of rotatable bonds is 5. The fourth-order valence-corrected chi connectivity index (χ4v) is 3.04. The van der Waals surface area contributed by atoms with E-state index >= 15 is 0 Å². The van der Waals surface area contributed by atoms with Gasteiger partial charge < -0.3 is 15.7 Å². The van der Waals surface area contributed by atoms with Gasteiger partial charge in [0.15, 0.2) is 0 Å². The smallest absolute Gasteiger partial charge is 0.227 e. The highest BCUT2D eigenvalue weighted by Crippen LogP contribution is 2.34. The van der Waals surface area contributed by atoms with Gasteiger partial charge in [-0.1, -0.05) is 37.3 Å². The number of aliphatic hydroxyl groups excluding tert-OH is 1. The lowest BCUT2D eigenvalue weighted by molar-refractivity contribution is -0.135. The van der Waals surface area contributed by atoms with Crippen LogP contribution in [0, 0.1) is 5.41 Å². The van der Waals surface area contributed by atoms with Gasteiger partial charge in [0.1, 0.15) is 0 Å². The molecule has 2 rings (SSSR count). The molecule has 0 saturated carbocycles. The lowest BCUT2D eigenvalue weighted by Crippen LogP contribution is -2.54. The highest BCUT2D eigenvalue weighted by molar-refractivity contribution is 5.83. The zero-order valence-electron chi connectivity index (χ0n) is 13.0. The molecule has 1 fully saturated rings. The lowest BCUT2D eigenvalue weighted by Gasteiger charge is -2.39. The first-order valence-corrected chi connectivity index (χ1v) is 7.76. The molecule has 1 atom stereocenters. The maximum Gasteiger partial charge on any atom is 0.227 e. The van der Waals surface area contributed by atoms with Gasteiger partial charge in [0.25, 0.3) is 0 Å². The summed E-state index contributed by atoms with van der Waals surface area (Å²) < 4.78 is 0. The summed E-state index contributed by atoms with van der Waals surface area (Å²) in [7, 11) is 0. The second-order valence-corrected chi connectivity index (χ2v) is 6.19. The first-order valence-electron chi connectivity index (χ1n) is 7.76. The van der Waals surface area contributed by atoms with Crippen molar-refractivity contribution in [2.75, 3.05) is 19.7 Å². The Bertz CT molecular complexity index is 469. The van der Waals surface area contributed by atoms with Crippen LogP contribution < -0.4 is 10.6 Å². The summed E-state index contributed by atoms with van der Waals surface area (Å²) in [6.07, 6.45) is 2.54. The Balaban J connectivity index is 2.19. The Morgan fingerprint density at radius 1 is 1.33 bits per heavy atom. The monoisotopic (exact) mass is 290 g/mol. The van der Waals surface area contributed by atoms with Gasteiger partial charge in [-0.05, 0) is 44.8 Å². The third kappa shape index (κ3) is 3.27. The van der Waals surface area contributed by atoms with Crippen molar-refractivity contribution < 1.29 is 9.90 Å². The van der Waals surface area contributed by atoms with Crippen LogP contribution in [-0.2, 0) is 10.3 Å². The molecular formula is C17H26N2O2. The van der Waals surface area contributed by atoms with E-state index in [0.29, 0.717) is 0 Å². The molecule has 1 saturated heterocycles. The number of carbonyl (C=O) groups excluding carboxylic acids is 1. The molecule has 0 spiro atoms. The Labute approximate surface area is 126 Å². The largest absolute Gasteiger partial charge is 0.394 e. The average molecular weight is 290 g/mol. The van der Waals surface area contributed by atoms with Crippen molar-refractivity contribution in [1.82, 2.24) is 10.6 Å². The van der Waals surface area contributed by atoms with Gasteiger partial charge >= 0.3 is 0 Å². The molecule has 1 amide bonds. The van der Waals surface area contributed by atoms with E-state index in [1.54, 1.807) is 0 Å². The van der Waals surface area contributed by atoms with E-state index in [0.717, 1.165) is 37.9 Å². The molecule has 1 aromatic carbocycles. The molecule has 4 nitrogen and oxygen atoms in total. The number of nitrogens with one attached hydrogen (secondary N) is 2. The summed E-state index contributed by atoms with van der Waals surface area (Å²) in [5.41, 5.74) is -0.108. The predicted molar refractivity (Wildman–Crippen MR) is 83.9 cm³/mol. The Kier molecular flexibility index (Phi) is 5.01. The topological polar surface area (TPSA) is 61.4 Å². The number of carbonyl (C=O) groups is 1. The van der Waals surface area contributed by atoms with Crippen LogP contribution in [0.5, 0.6) is 0 Å². The van der Waals surface area contributed by atoms with Crippen molar-refractivity contribution in [3.63, 3.8) is 0 Å². The standard InChI is InChI=1S/C17H26N2O2/c1-3-17(9-11-18-12-10-17)15(21)19-16(2,13-20)14-7-5-4-6-8-14/h4-8,18,20H,3,9-13H2,1-2H3,(H,19,21). The van der Waals surface area contributed by atoms with Gasteiger partial charge in [0.05, 0.1) is 17.6 Å². The molecule has 1 aromatic rings. The third-order valence-corrected chi connectivity index (χ3v) is 4.84. The number of benzene rings is 1. The number of amides is 1. The highest BCUT2D eigenvalue weighted by atomic mass is 16.3. The molecule has 1 aliphatic rings. The fraction of sp³-hybridized carbons (Fsp3) is 0.588. The second kappa shape index (κ2) is 6.58. The van der Waals surface area contributed by atoms with Crippen molar-refractivity contribution in [1.29, 1.82) is 0 Å². The molecular weight excluding hydrogens is 264 g/mol. The van der Waals surface area contributed by atoms with Crippen molar-refractivity contribution >= 4 is 5.91 Å². The third-order valence-electron chi connectivity index (χ3n) is 4.84. The molecule has 116 valence electrons. The van der Waals surface area contributed by atoms with Crippen LogP contribution in [0.2, 0.25) is 0 Å². The number of piperidine rings is 1. The molecule has 0 bridgehead atoms. The van der Waals surface area contributed by atoms with Crippen LogP contribution >= 0.6 is 0 Å². The van der Waals surface area contributed by atoms with E-state index in [4.69, 9.17) is 0 Å². The average Bonchev–Trinajstić information content (AvgIpc) is 2.56. The minimum Gasteiger partial charge on any atom is -0.394 e. The summed E-state index contributed by atoms with van der Waals surface area (Å²) in [6, 6.07) is 9.67. The fourth-order valence-electron chi connectivity index (χ4n) is 3.04. The zero-order valence-corrected chi connectivity index (χ0v) is 13.0. The van der Waals surface area contributed by atoms with Crippen LogP contribution in [0.4, 0.5) is 0 Å². The van der Waals surface area contributed by atoms with Crippen LogP contribution in [0.25, 0.3) is 0 Å². The van der Waals surface area contributed by atoms with Gasteiger partial charge in [-0.15, -0.1) is 0 Å². The summed E-state index contributed by atoms with van der Waals surface area (Å²) in [4.78, 5) is 12.8. The number of aliphatic hydroxyl groups is 1. The van der Waals surface area contributed by atoms with Gasteiger partial charge in [0.2, 0.25) is 5.91 Å². The second-order valence-electron chi connectivity index (χ2n) is 6.19. The first kappa shape index (κ1) is 16.0. The van der Waals surface area contributed by atoms with E-state index in [1.807, 2.05) is 37.3 Å². The van der Waals surface area contributed by atoms with Crippen LogP contribution in [0.3, 0.4) is 0 Å². The minimum atomic E-state index is -0.731. The van der Waals surface area contributed by atoms with Gasteiger partial charge in [0, 0.05) is 0 Å². The molecule has 0 aromatic heterocycles. The summed E-state index contributed by atoms with van der Waals surface area (Å²) in [5.74, 6) is 0.0619. The minimum absolute atomic E-state index is 0.0619. The number of hydrogen-bond donors (Lipinski definition) is 3. The van der Waals surface area contributed by atoms with E-state index in [9.17, 15) is 9.90 Å². The molecule has 1 aliphatic heterocycles. The lowest BCUT2D eigenvalue weighted by atomic mass is 9.75. The molecule has 3 N–H and O–H groups in total. The zero-order chi connectivity index (χ0) is 15.3. The normalized spacial score (nSPS) is 20.5. The summed E-state index contributed by atoms with van der Waals surface area (Å²) in [6.45, 7) is 5.60. The Morgan fingerprint density at radius 2 is 1.95 bits per heavy atom. The van der Waals surface area contributed by atoms with Crippen LogP contribution in [-0.4, -0.2) is 30.7 Å². The van der Waals surface area contributed by atoms with Crippen molar-refractivity contribution in [2.24, 2.45) is 5.41 Å². The Hall–Kier alpha value is -1.39. The van der Waals surface area contributed by atoms with Gasteiger partial charge in [-0.25, -0.2) is 0 Å². The van der Waals surface area contributed by atoms with E-state index in [2.05, 4.69) is 17.6 Å². The highest BCUT2D eigenvalue weighted by Gasteiger charge is 2.41. The van der Waals surface area contributed by atoms with Gasteiger partial charge in [-0.2, -0.15) is 0 Å². The molecule has 0 radical (unpaired) electrons. The quantitative estimate of drug-likeness (QED) is 0.775. The van der Waals surface area contributed by atoms with Crippen molar-refractivity contribution in [3.8, 4) is 0 Å². The first-order chi connectivity index (χ1) is 10.1. The molecule has 4 heteroatoms. The maximum atomic E-state index is 12.8. The van der Waals surface area contributed by atoms with Crippen LogP contribution in [0.1, 0.15) is 38.7 Å². The van der Waals surface area contributed by atoms with E-state index in [-0.39, 0.29) is 17.9 Å². The predicted octanol–water partition coefficient (Wildman–Crippen LogP) is 1.79. The van der Waals surface area contributed by atoms with Crippen LogP contribution in [0.15, 0.2) is 30.3 Å². The van der Waals surface area contributed by atoms with Crippen molar-refractivity contribution in [3.05, 3.63) is 35.9 Å². The SMILES string of the molecule is CCC1(C(=O)NC(C)(CO)c2ccccc2)CCNCC1. The molecule has 0 aliphatic carbocycles. The molecule has 1 unspecified atom stereocenters. The number of hydrogen-bond acceptors (Lipinski definition) is 3. The molecule has 1 heterocycles.